The van der Waals surface area contributed by atoms with Gasteiger partial charge in [0.05, 0.1) is 7.11 Å². The Hall–Kier alpha value is -2.57. The minimum Gasteiger partial charge on any atom is -0.493 e. The molecule has 0 saturated carbocycles. The maximum Gasteiger partial charge on any atom is 0.341 e. The Bertz CT molecular complexity index is 673. The quantitative estimate of drug-likeness (QED) is 0.906. The molecule has 0 fully saturated rings. The second-order valence-corrected chi connectivity index (χ2v) is 5.72. The number of aliphatic carboxylic acids is 1. The summed E-state index contributed by atoms with van der Waals surface area (Å²) in [6, 6.07) is 5.01. The van der Waals surface area contributed by atoms with E-state index in [0.29, 0.717) is 28.8 Å². The normalized spacial score (nSPS) is 11.3. The second-order valence-electron chi connectivity index (χ2n) is 5.72. The van der Waals surface area contributed by atoms with Crippen LogP contribution in [-0.4, -0.2) is 34.9 Å². The third kappa shape index (κ3) is 3.55. The first-order chi connectivity index (χ1) is 10.3. The van der Waals surface area contributed by atoms with Crippen molar-refractivity contribution in [3.05, 3.63) is 24.1 Å². The van der Waals surface area contributed by atoms with Crippen LogP contribution in [0.5, 0.6) is 11.5 Å². The number of nitrogens with zero attached hydrogens (tertiary/aromatic N) is 2. The third-order valence-corrected chi connectivity index (χ3v) is 2.84. The molecule has 0 amide bonds. The topological polar surface area (TPSA) is 94.7 Å². The zero-order chi connectivity index (χ0) is 16.3. The Morgan fingerprint density at radius 1 is 1.32 bits per heavy atom. The van der Waals surface area contributed by atoms with E-state index in [1.54, 1.807) is 18.2 Å². The van der Waals surface area contributed by atoms with Crippen molar-refractivity contribution >= 4 is 5.97 Å². The van der Waals surface area contributed by atoms with Crippen LogP contribution < -0.4 is 9.47 Å². The van der Waals surface area contributed by atoms with Gasteiger partial charge in [-0.05, 0) is 18.2 Å². The monoisotopic (exact) mass is 306 g/mol. The van der Waals surface area contributed by atoms with Crippen LogP contribution in [0.15, 0.2) is 22.7 Å². The van der Waals surface area contributed by atoms with E-state index in [9.17, 15) is 4.79 Å². The third-order valence-electron chi connectivity index (χ3n) is 2.84. The molecular weight excluding hydrogens is 288 g/mol. The average Bonchev–Trinajstić information content (AvgIpc) is 2.94. The van der Waals surface area contributed by atoms with Crippen LogP contribution in [0.25, 0.3) is 11.4 Å². The van der Waals surface area contributed by atoms with Crippen molar-refractivity contribution < 1.29 is 23.9 Å². The molecule has 1 N–H and O–H groups in total. The van der Waals surface area contributed by atoms with E-state index in [1.165, 1.54) is 7.11 Å². The number of hydrogen-bond acceptors (Lipinski definition) is 6. The Balaban J connectivity index is 2.29. The molecule has 0 aliphatic rings. The lowest BCUT2D eigenvalue weighted by Crippen LogP contribution is -2.11. The average molecular weight is 306 g/mol. The van der Waals surface area contributed by atoms with Gasteiger partial charge >= 0.3 is 5.97 Å². The molecule has 0 saturated heterocycles. The molecule has 0 radical (unpaired) electrons. The van der Waals surface area contributed by atoms with Gasteiger partial charge < -0.3 is 19.1 Å². The minimum atomic E-state index is -1.06. The Kier molecular flexibility index (Phi) is 4.35. The molecule has 0 aliphatic carbocycles. The lowest BCUT2D eigenvalue weighted by atomic mass is 9.97. The second kappa shape index (κ2) is 6.05. The highest BCUT2D eigenvalue weighted by Gasteiger charge is 2.22. The van der Waals surface area contributed by atoms with E-state index in [0.717, 1.165) is 0 Å². The zero-order valence-corrected chi connectivity index (χ0v) is 12.9. The molecule has 22 heavy (non-hydrogen) atoms. The highest BCUT2D eigenvalue weighted by molar-refractivity contribution is 5.69. The smallest absolute Gasteiger partial charge is 0.341 e. The van der Waals surface area contributed by atoms with Crippen molar-refractivity contribution in [2.75, 3.05) is 13.7 Å². The standard InChI is InChI=1S/C15H18N2O5/c1-15(2,3)14-16-13(17-22-14)9-5-6-10(11(7-9)20-4)21-8-12(18)19/h5-7H,8H2,1-4H3,(H,18,19). The van der Waals surface area contributed by atoms with Crippen LogP contribution in [0.4, 0.5) is 0 Å². The van der Waals surface area contributed by atoms with Crippen LogP contribution in [0.1, 0.15) is 26.7 Å². The van der Waals surface area contributed by atoms with Crippen molar-refractivity contribution in [3.63, 3.8) is 0 Å². The van der Waals surface area contributed by atoms with Gasteiger partial charge in [0.25, 0.3) is 0 Å². The zero-order valence-electron chi connectivity index (χ0n) is 12.9. The largest absolute Gasteiger partial charge is 0.493 e. The molecule has 1 aromatic heterocycles. The Morgan fingerprint density at radius 2 is 2.05 bits per heavy atom. The van der Waals surface area contributed by atoms with Crippen molar-refractivity contribution in [1.82, 2.24) is 10.1 Å². The van der Waals surface area contributed by atoms with E-state index in [2.05, 4.69) is 10.1 Å². The summed E-state index contributed by atoms with van der Waals surface area (Å²) in [5.41, 5.74) is 0.457. The number of carboxylic acid groups (broad SMARTS) is 1. The molecule has 0 spiro atoms. The first-order valence-corrected chi connectivity index (χ1v) is 6.68. The molecule has 7 nitrogen and oxygen atoms in total. The van der Waals surface area contributed by atoms with Gasteiger partial charge in [0.15, 0.2) is 18.1 Å². The maximum absolute atomic E-state index is 10.6. The van der Waals surface area contributed by atoms with Gasteiger partial charge in [-0.15, -0.1) is 0 Å². The summed E-state index contributed by atoms with van der Waals surface area (Å²) < 4.78 is 15.6. The summed E-state index contributed by atoms with van der Waals surface area (Å²) >= 11 is 0. The van der Waals surface area contributed by atoms with Crippen molar-refractivity contribution in [2.24, 2.45) is 0 Å². The highest BCUT2D eigenvalue weighted by Crippen LogP contribution is 2.32. The van der Waals surface area contributed by atoms with Gasteiger partial charge in [-0.25, -0.2) is 4.79 Å². The van der Waals surface area contributed by atoms with Gasteiger partial charge in [-0.2, -0.15) is 4.98 Å². The number of ether oxygens (including phenoxy) is 2. The van der Waals surface area contributed by atoms with Gasteiger partial charge in [0, 0.05) is 11.0 Å². The summed E-state index contributed by atoms with van der Waals surface area (Å²) in [5.74, 6) is 0.661. The van der Waals surface area contributed by atoms with Crippen LogP contribution in [0, 0.1) is 0 Å². The fourth-order valence-corrected chi connectivity index (χ4v) is 1.71. The van der Waals surface area contributed by atoms with Gasteiger partial charge in [0.1, 0.15) is 0 Å². The summed E-state index contributed by atoms with van der Waals surface area (Å²) in [5, 5.41) is 12.6. The maximum atomic E-state index is 10.6. The van der Waals surface area contributed by atoms with E-state index in [1.807, 2.05) is 20.8 Å². The molecule has 0 atom stereocenters. The molecule has 1 aromatic carbocycles. The van der Waals surface area contributed by atoms with E-state index in [-0.39, 0.29) is 5.41 Å². The summed E-state index contributed by atoms with van der Waals surface area (Å²) in [6.07, 6.45) is 0. The fraction of sp³-hybridized carbons (Fsp3) is 0.400. The number of aromatic nitrogens is 2. The predicted octanol–water partition coefficient (Wildman–Crippen LogP) is 2.51. The molecule has 1 heterocycles. The SMILES string of the molecule is COc1cc(-c2noc(C(C)(C)C)n2)ccc1OCC(=O)O. The van der Waals surface area contributed by atoms with Crippen molar-refractivity contribution in [2.45, 2.75) is 26.2 Å². The summed E-state index contributed by atoms with van der Waals surface area (Å²) in [6.45, 7) is 5.50. The van der Waals surface area contributed by atoms with E-state index < -0.39 is 12.6 Å². The first-order valence-electron chi connectivity index (χ1n) is 6.68. The van der Waals surface area contributed by atoms with Crippen LogP contribution in [0.2, 0.25) is 0 Å². The Morgan fingerprint density at radius 3 is 2.59 bits per heavy atom. The van der Waals surface area contributed by atoms with Crippen LogP contribution >= 0.6 is 0 Å². The first kappa shape index (κ1) is 15.8. The van der Waals surface area contributed by atoms with Crippen LogP contribution in [-0.2, 0) is 10.2 Å². The van der Waals surface area contributed by atoms with Gasteiger partial charge in [-0.1, -0.05) is 25.9 Å². The molecule has 0 bridgehead atoms. The molecular formula is C15H18N2O5. The minimum absolute atomic E-state index is 0.236. The molecule has 2 rings (SSSR count). The highest BCUT2D eigenvalue weighted by atomic mass is 16.5. The van der Waals surface area contributed by atoms with Crippen molar-refractivity contribution in [1.29, 1.82) is 0 Å². The Labute approximate surface area is 127 Å². The van der Waals surface area contributed by atoms with Gasteiger partial charge in [0.2, 0.25) is 11.7 Å². The summed E-state index contributed by atoms with van der Waals surface area (Å²) in [4.78, 5) is 14.9. The molecule has 2 aromatic rings. The molecule has 0 unspecified atom stereocenters. The van der Waals surface area contributed by atoms with Gasteiger partial charge in [-0.3, -0.25) is 0 Å². The number of rotatable bonds is 5. The number of methoxy groups -OCH3 is 1. The molecule has 0 aliphatic heterocycles. The molecule has 7 heteroatoms. The fourth-order valence-electron chi connectivity index (χ4n) is 1.71. The summed E-state index contributed by atoms with van der Waals surface area (Å²) in [7, 11) is 1.48. The number of benzene rings is 1. The number of carboxylic acids is 1. The van der Waals surface area contributed by atoms with E-state index in [4.69, 9.17) is 19.1 Å². The van der Waals surface area contributed by atoms with Crippen molar-refractivity contribution in [3.8, 4) is 22.9 Å². The van der Waals surface area contributed by atoms with E-state index >= 15 is 0 Å². The predicted molar refractivity (Wildman–Crippen MR) is 78.1 cm³/mol. The lowest BCUT2D eigenvalue weighted by molar-refractivity contribution is -0.139. The van der Waals surface area contributed by atoms with Crippen LogP contribution in [0.3, 0.4) is 0 Å². The lowest BCUT2D eigenvalue weighted by Gasteiger charge is -2.10. The number of carbonyl (C=O) groups is 1. The molecule has 118 valence electrons. The number of hydrogen-bond donors (Lipinski definition) is 1.